The number of hydrogen-bond acceptors (Lipinski definition) is 3. The summed E-state index contributed by atoms with van der Waals surface area (Å²) in [5.74, 6) is 0.453. The van der Waals surface area contributed by atoms with Crippen molar-refractivity contribution in [2.45, 2.75) is 39.3 Å². The molecule has 150 valence electrons. The molecule has 2 N–H and O–H groups in total. The van der Waals surface area contributed by atoms with Gasteiger partial charge in [0.1, 0.15) is 0 Å². The van der Waals surface area contributed by atoms with Gasteiger partial charge in [0, 0.05) is 25.3 Å². The number of nitrogens with zero attached hydrogens (tertiary/aromatic N) is 3. The highest BCUT2D eigenvalue weighted by atomic mass is 127. The van der Waals surface area contributed by atoms with Crippen LogP contribution in [0.5, 0.6) is 0 Å². The first kappa shape index (κ1) is 23.2. The van der Waals surface area contributed by atoms with Crippen LogP contribution >= 0.6 is 24.0 Å². The molecule has 1 heterocycles. The molecule has 1 aliphatic heterocycles. The molecule has 7 nitrogen and oxygen atoms in total. The fourth-order valence-electron chi connectivity index (χ4n) is 3.53. The van der Waals surface area contributed by atoms with E-state index in [1.807, 2.05) is 67.8 Å². The van der Waals surface area contributed by atoms with E-state index in [9.17, 15) is 9.59 Å². The number of amides is 2. The average Bonchev–Trinajstić information content (AvgIpc) is 2.54. The first-order valence-electron chi connectivity index (χ1n) is 8.87. The van der Waals surface area contributed by atoms with Crippen molar-refractivity contribution in [2.24, 2.45) is 4.99 Å². The Bertz CT molecular complexity index is 676. The molecule has 8 heteroatoms. The molecule has 1 saturated heterocycles. The number of aliphatic imine (C=N–C) groups is 1. The summed E-state index contributed by atoms with van der Waals surface area (Å²) in [4.78, 5) is 32.8. The summed E-state index contributed by atoms with van der Waals surface area (Å²) in [6, 6.07) is 9.43. The van der Waals surface area contributed by atoms with Crippen LogP contribution in [-0.4, -0.2) is 65.8 Å². The van der Waals surface area contributed by atoms with Crippen molar-refractivity contribution in [3.63, 3.8) is 0 Å². The predicted octanol–water partition coefficient (Wildman–Crippen LogP) is 2.15. The van der Waals surface area contributed by atoms with E-state index in [2.05, 4.69) is 15.6 Å². The Labute approximate surface area is 178 Å². The lowest BCUT2D eigenvalue weighted by Gasteiger charge is -2.49. The Hall–Kier alpha value is -1.84. The molecule has 1 aliphatic rings. The van der Waals surface area contributed by atoms with Crippen LogP contribution in [0.15, 0.2) is 35.3 Å². The van der Waals surface area contributed by atoms with Gasteiger partial charge in [0.25, 0.3) is 0 Å². The molecular weight excluding hydrogens is 457 g/mol. The Kier molecular flexibility index (Phi) is 8.52. The van der Waals surface area contributed by atoms with Gasteiger partial charge in [-0.2, -0.15) is 0 Å². The highest BCUT2D eigenvalue weighted by Gasteiger charge is 2.40. The van der Waals surface area contributed by atoms with Crippen molar-refractivity contribution in [1.82, 2.24) is 15.1 Å². The molecule has 1 fully saturated rings. The van der Waals surface area contributed by atoms with Crippen LogP contribution in [0.1, 0.15) is 27.7 Å². The van der Waals surface area contributed by atoms with Crippen molar-refractivity contribution >= 4 is 47.4 Å². The van der Waals surface area contributed by atoms with Crippen LogP contribution < -0.4 is 10.6 Å². The molecule has 1 aromatic rings. The quantitative estimate of drug-likeness (QED) is 0.388. The number of piperazine rings is 1. The van der Waals surface area contributed by atoms with Gasteiger partial charge in [-0.3, -0.25) is 14.6 Å². The zero-order chi connectivity index (χ0) is 19.3. The maximum atomic E-state index is 12.6. The molecule has 1 aromatic carbocycles. The van der Waals surface area contributed by atoms with Crippen LogP contribution in [0.2, 0.25) is 0 Å². The van der Waals surface area contributed by atoms with E-state index in [1.165, 1.54) is 0 Å². The van der Waals surface area contributed by atoms with E-state index in [0.29, 0.717) is 12.5 Å². The Morgan fingerprint density at radius 1 is 1.26 bits per heavy atom. The molecule has 0 radical (unpaired) electrons. The van der Waals surface area contributed by atoms with Gasteiger partial charge in [0.05, 0.1) is 18.6 Å². The van der Waals surface area contributed by atoms with Crippen LogP contribution in [0, 0.1) is 0 Å². The lowest BCUT2D eigenvalue weighted by Crippen LogP contribution is -2.66. The second kappa shape index (κ2) is 9.91. The minimum Gasteiger partial charge on any atom is -0.347 e. The summed E-state index contributed by atoms with van der Waals surface area (Å²) in [5, 5.41) is 5.88. The molecule has 0 spiro atoms. The van der Waals surface area contributed by atoms with Crippen molar-refractivity contribution in [2.75, 3.05) is 32.0 Å². The SMILES string of the molecule is CN=C(NCC(=O)Nc1ccccc1)N1CC(=O)N(C(C)C)C(C)(C)C1.I. The summed E-state index contributed by atoms with van der Waals surface area (Å²) >= 11 is 0. The number of benzene rings is 1. The number of anilines is 1. The molecule has 2 rings (SSSR count). The van der Waals surface area contributed by atoms with E-state index in [0.717, 1.165) is 5.69 Å². The molecule has 0 aliphatic carbocycles. The summed E-state index contributed by atoms with van der Waals surface area (Å²) in [6.07, 6.45) is 0. The number of carbonyl (C=O) groups excluding carboxylic acids is 2. The topological polar surface area (TPSA) is 77.0 Å². The first-order chi connectivity index (χ1) is 12.2. The normalized spacial score (nSPS) is 16.8. The lowest BCUT2D eigenvalue weighted by molar-refractivity contribution is -0.145. The Morgan fingerprint density at radius 2 is 1.89 bits per heavy atom. The zero-order valence-electron chi connectivity index (χ0n) is 16.7. The lowest BCUT2D eigenvalue weighted by atomic mass is 9.96. The monoisotopic (exact) mass is 487 g/mol. The van der Waals surface area contributed by atoms with Crippen molar-refractivity contribution in [3.8, 4) is 0 Å². The van der Waals surface area contributed by atoms with Gasteiger partial charge in [-0.25, -0.2) is 0 Å². The van der Waals surface area contributed by atoms with Gasteiger partial charge in [0.15, 0.2) is 5.96 Å². The van der Waals surface area contributed by atoms with Crippen LogP contribution in [0.3, 0.4) is 0 Å². The molecule has 0 unspecified atom stereocenters. The third-order valence-corrected chi connectivity index (χ3v) is 4.32. The molecule has 0 saturated carbocycles. The fourth-order valence-corrected chi connectivity index (χ4v) is 3.53. The predicted molar refractivity (Wildman–Crippen MR) is 119 cm³/mol. The number of nitrogens with one attached hydrogen (secondary N) is 2. The van der Waals surface area contributed by atoms with E-state index in [-0.39, 0.29) is 60.5 Å². The van der Waals surface area contributed by atoms with Gasteiger partial charge in [-0.1, -0.05) is 18.2 Å². The van der Waals surface area contributed by atoms with Crippen LogP contribution in [0.4, 0.5) is 5.69 Å². The van der Waals surface area contributed by atoms with Gasteiger partial charge < -0.3 is 20.4 Å². The highest BCUT2D eigenvalue weighted by molar-refractivity contribution is 14.0. The second-order valence-electron chi connectivity index (χ2n) is 7.34. The minimum atomic E-state index is -0.312. The summed E-state index contributed by atoms with van der Waals surface area (Å²) < 4.78 is 0. The van der Waals surface area contributed by atoms with Crippen LogP contribution in [0.25, 0.3) is 0 Å². The Balaban J connectivity index is 0.00000364. The number of halogens is 1. The number of para-hydroxylation sites is 1. The van der Waals surface area contributed by atoms with Gasteiger partial charge in [-0.15, -0.1) is 24.0 Å². The third-order valence-electron chi connectivity index (χ3n) is 4.32. The molecule has 27 heavy (non-hydrogen) atoms. The van der Waals surface area contributed by atoms with E-state index < -0.39 is 0 Å². The van der Waals surface area contributed by atoms with Gasteiger partial charge in [0.2, 0.25) is 11.8 Å². The molecule has 2 amide bonds. The molecular formula is C19H30IN5O2. The van der Waals surface area contributed by atoms with Gasteiger partial charge in [-0.05, 0) is 39.8 Å². The highest BCUT2D eigenvalue weighted by Crippen LogP contribution is 2.24. The van der Waals surface area contributed by atoms with E-state index in [4.69, 9.17) is 0 Å². The third kappa shape index (κ3) is 6.08. The number of guanidine groups is 1. The maximum Gasteiger partial charge on any atom is 0.243 e. The van der Waals surface area contributed by atoms with Crippen molar-refractivity contribution in [3.05, 3.63) is 30.3 Å². The number of rotatable bonds is 4. The maximum absolute atomic E-state index is 12.6. The van der Waals surface area contributed by atoms with E-state index >= 15 is 0 Å². The molecule has 0 atom stereocenters. The molecule has 0 bridgehead atoms. The average molecular weight is 487 g/mol. The molecule has 0 aromatic heterocycles. The van der Waals surface area contributed by atoms with Gasteiger partial charge >= 0.3 is 0 Å². The second-order valence-corrected chi connectivity index (χ2v) is 7.34. The summed E-state index contributed by atoms with van der Waals surface area (Å²) in [5.41, 5.74) is 0.434. The minimum absolute atomic E-state index is 0. The largest absolute Gasteiger partial charge is 0.347 e. The number of carbonyl (C=O) groups is 2. The summed E-state index contributed by atoms with van der Waals surface area (Å²) in [7, 11) is 1.66. The first-order valence-corrected chi connectivity index (χ1v) is 8.87. The standard InChI is InChI=1S/C19H29N5O2.HI/c1-14(2)24-17(26)12-23(13-19(24,3)4)18(20-5)21-11-16(25)22-15-9-7-6-8-10-15;/h6-10,14H,11-13H2,1-5H3,(H,20,21)(H,22,25);1H. The Morgan fingerprint density at radius 3 is 2.41 bits per heavy atom. The van der Waals surface area contributed by atoms with E-state index in [1.54, 1.807) is 7.05 Å². The van der Waals surface area contributed by atoms with Crippen molar-refractivity contribution < 1.29 is 9.59 Å². The van der Waals surface area contributed by atoms with Crippen LogP contribution in [-0.2, 0) is 9.59 Å². The van der Waals surface area contributed by atoms with Crippen molar-refractivity contribution in [1.29, 1.82) is 0 Å². The smallest absolute Gasteiger partial charge is 0.243 e. The zero-order valence-corrected chi connectivity index (χ0v) is 19.0. The summed E-state index contributed by atoms with van der Waals surface area (Å²) in [6.45, 7) is 9.13. The fraction of sp³-hybridized carbons (Fsp3) is 0.526. The number of hydrogen-bond donors (Lipinski definition) is 2.